The number of methoxy groups -OCH3 is 1. The highest BCUT2D eigenvalue weighted by Crippen LogP contribution is 2.13. The Kier molecular flexibility index (Phi) is 10.8. The Bertz CT molecular complexity index is 338. The number of hydrogen-bond donors (Lipinski definition) is 1. The van der Waals surface area contributed by atoms with Crippen LogP contribution in [0.1, 0.15) is 51.0 Å². The molecule has 0 saturated carbocycles. The second kappa shape index (κ2) is 12.7. The molecule has 1 N–H and O–H groups in total. The zero-order chi connectivity index (χ0) is 15.2. The molecule has 0 aromatic heterocycles. The van der Waals surface area contributed by atoms with E-state index in [1.165, 1.54) is 31.2 Å². The van der Waals surface area contributed by atoms with Crippen molar-refractivity contribution in [1.82, 2.24) is 5.32 Å². The van der Waals surface area contributed by atoms with Crippen molar-refractivity contribution in [3.63, 3.8) is 0 Å². The van der Waals surface area contributed by atoms with Gasteiger partial charge in [0.25, 0.3) is 0 Å². The first-order chi connectivity index (χ1) is 10.4. The summed E-state index contributed by atoms with van der Waals surface area (Å²) in [5, 5.41) is 3.41. The highest BCUT2D eigenvalue weighted by Gasteiger charge is 1.96. The van der Waals surface area contributed by atoms with E-state index in [0.29, 0.717) is 0 Å². The molecule has 0 bridgehead atoms. The summed E-state index contributed by atoms with van der Waals surface area (Å²) in [6.07, 6.45) is 7.44. The van der Waals surface area contributed by atoms with E-state index in [4.69, 9.17) is 9.47 Å². The van der Waals surface area contributed by atoms with Crippen molar-refractivity contribution >= 4 is 0 Å². The van der Waals surface area contributed by atoms with Crippen molar-refractivity contribution in [2.75, 3.05) is 26.9 Å². The summed E-state index contributed by atoms with van der Waals surface area (Å²) in [4.78, 5) is 0. The first-order valence-corrected chi connectivity index (χ1v) is 8.28. The van der Waals surface area contributed by atoms with Crippen molar-refractivity contribution in [2.45, 2.75) is 52.0 Å². The molecule has 1 aromatic rings. The molecule has 21 heavy (non-hydrogen) atoms. The van der Waals surface area contributed by atoms with Gasteiger partial charge in [-0.15, -0.1) is 0 Å². The summed E-state index contributed by atoms with van der Waals surface area (Å²) in [5.74, 6) is 0.980. The number of rotatable bonds is 13. The second-order valence-corrected chi connectivity index (χ2v) is 5.43. The summed E-state index contributed by atoms with van der Waals surface area (Å²) >= 11 is 0. The molecule has 0 amide bonds. The average molecular weight is 293 g/mol. The van der Waals surface area contributed by atoms with Gasteiger partial charge in [-0.1, -0.05) is 44.7 Å². The fourth-order valence-corrected chi connectivity index (χ4v) is 2.17. The van der Waals surface area contributed by atoms with Crippen molar-refractivity contribution in [3.05, 3.63) is 29.8 Å². The molecule has 3 heteroatoms. The smallest absolute Gasteiger partial charge is 0.119 e. The number of benzene rings is 1. The van der Waals surface area contributed by atoms with Gasteiger partial charge in [-0.3, -0.25) is 0 Å². The predicted octanol–water partition coefficient (Wildman–Crippen LogP) is 4.16. The molecule has 0 aliphatic rings. The van der Waals surface area contributed by atoms with Crippen LogP contribution in [0.25, 0.3) is 0 Å². The second-order valence-electron chi connectivity index (χ2n) is 5.43. The third-order valence-corrected chi connectivity index (χ3v) is 3.47. The van der Waals surface area contributed by atoms with Crippen LogP contribution in [0.15, 0.2) is 24.3 Å². The van der Waals surface area contributed by atoms with Gasteiger partial charge in [-0.05, 0) is 37.1 Å². The minimum Gasteiger partial charge on any atom is -0.494 e. The predicted molar refractivity (Wildman–Crippen MR) is 88.9 cm³/mol. The average Bonchev–Trinajstić information content (AvgIpc) is 2.52. The monoisotopic (exact) mass is 293 g/mol. The molecule has 0 atom stereocenters. The van der Waals surface area contributed by atoms with E-state index in [1.54, 1.807) is 7.11 Å². The molecular formula is C18H31NO2. The van der Waals surface area contributed by atoms with Gasteiger partial charge in [0, 0.05) is 20.3 Å². The number of unbranched alkanes of at least 4 members (excludes halogenated alkanes) is 4. The van der Waals surface area contributed by atoms with Crippen molar-refractivity contribution in [1.29, 1.82) is 0 Å². The van der Waals surface area contributed by atoms with Gasteiger partial charge in [0.1, 0.15) is 5.75 Å². The SMILES string of the molecule is CCCCCCCOc1ccc(CNCCCOC)cc1. The van der Waals surface area contributed by atoms with Gasteiger partial charge in [-0.2, -0.15) is 0 Å². The standard InChI is InChI=1S/C18H31NO2/c1-3-4-5-6-7-15-21-18-11-9-17(10-12-18)16-19-13-8-14-20-2/h9-12,19H,3-8,13-16H2,1-2H3. The first kappa shape index (κ1) is 18.0. The Morgan fingerprint density at radius 3 is 2.38 bits per heavy atom. The van der Waals surface area contributed by atoms with Crippen LogP contribution in [0.5, 0.6) is 5.75 Å². The van der Waals surface area contributed by atoms with Gasteiger partial charge in [-0.25, -0.2) is 0 Å². The fraction of sp³-hybridized carbons (Fsp3) is 0.667. The molecule has 0 spiro atoms. The van der Waals surface area contributed by atoms with Gasteiger partial charge < -0.3 is 14.8 Å². The highest BCUT2D eigenvalue weighted by atomic mass is 16.5. The number of hydrogen-bond acceptors (Lipinski definition) is 3. The van der Waals surface area contributed by atoms with Crippen molar-refractivity contribution in [3.8, 4) is 5.75 Å². The summed E-state index contributed by atoms with van der Waals surface area (Å²) in [7, 11) is 1.74. The first-order valence-electron chi connectivity index (χ1n) is 8.28. The summed E-state index contributed by atoms with van der Waals surface area (Å²) < 4.78 is 10.8. The van der Waals surface area contributed by atoms with E-state index in [-0.39, 0.29) is 0 Å². The van der Waals surface area contributed by atoms with Crippen LogP contribution < -0.4 is 10.1 Å². The third kappa shape index (κ3) is 9.48. The van der Waals surface area contributed by atoms with Gasteiger partial charge in [0.15, 0.2) is 0 Å². The lowest BCUT2D eigenvalue weighted by atomic mass is 10.2. The molecular weight excluding hydrogens is 262 g/mol. The van der Waals surface area contributed by atoms with E-state index in [1.807, 2.05) is 0 Å². The van der Waals surface area contributed by atoms with Crippen LogP contribution in [-0.2, 0) is 11.3 Å². The van der Waals surface area contributed by atoms with Crippen molar-refractivity contribution in [2.24, 2.45) is 0 Å². The Hall–Kier alpha value is -1.06. The molecule has 0 unspecified atom stereocenters. The number of nitrogens with one attached hydrogen (secondary N) is 1. The van der Waals surface area contributed by atoms with Crippen LogP contribution >= 0.6 is 0 Å². The Morgan fingerprint density at radius 1 is 0.905 bits per heavy atom. The highest BCUT2D eigenvalue weighted by molar-refractivity contribution is 5.27. The molecule has 0 saturated heterocycles. The molecule has 0 radical (unpaired) electrons. The van der Waals surface area contributed by atoms with Crippen LogP contribution in [-0.4, -0.2) is 26.9 Å². The fourth-order valence-electron chi connectivity index (χ4n) is 2.17. The molecule has 1 aromatic carbocycles. The Balaban J connectivity index is 2.09. The molecule has 0 heterocycles. The zero-order valence-corrected chi connectivity index (χ0v) is 13.7. The van der Waals surface area contributed by atoms with Crippen LogP contribution in [0, 0.1) is 0 Å². The molecule has 1 rings (SSSR count). The maximum absolute atomic E-state index is 5.76. The van der Waals surface area contributed by atoms with E-state index >= 15 is 0 Å². The normalized spacial score (nSPS) is 10.8. The largest absolute Gasteiger partial charge is 0.494 e. The zero-order valence-electron chi connectivity index (χ0n) is 13.7. The quantitative estimate of drug-likeness (QED) is 0.554. The summed E-state index contributed by atoms with van der Waals surface area (Å²) in [6.45, 7) is 5.78. The van der Waals surface area contributed by atoms with Gasteiger partial charge in [0.2, 0.25) is 0 Å². The Labute approximate surface area is 130 Å². The molecule has 3 nitrogen and oxygen atoms in total. The molecule has 0 aliphatic heterocycles. The van der Waals surface area contributed by atoms with Crippen LogP contribution in [0.3, 0.4) is 0 Å². The van der Waals surface area contributed by atoms with Gasteiger partial charge in [0.05, 0.1) is 6.61 Å². The lowest BCUT2D eigenvalue weighted by Crippen LogP contribution is -2.16. The molecule has 120 valence electrons. The lowest BCUT2D eigenvalue weighted by molar-refractivity contribution is 0.194. The molecule has 0 aliphatic carbocycles. The van der Waals surface area contributed by atoms with E-state index in [9.17, 15) is 0 Å². The van der Waals surface area contributed by atoms with E-state index in [2.05, 4.69) is 36.5 Å². The topological polar surface area (TPSA) is 30.5 Å². The summed E-state index contributed by atoms with van der Waals surface area (Å²) in [5.41, 5.74) is 1.29. The van der Waals surface area contributed by atoms with E-state index in [0.717, 1.165) is 44.9 Å². The van der Waals surface area contributed by atoms with Crippen LogP contribution in [0.4, 0.5) is 0 Å². The summed E-state index contributed by atoms with van der Waals surface area (Å²) in [6, 6.07) is 8.40. The van der Waals surface area contributed by atoms with Crippen LogP contribution in [0.2, 0.25) is 0 Å². The minimum absolute atomic E-state index is 0.817. The van der Waals surface area contributed by atoms with Crippen molar-refractivity contribution < 1.29 is 9.47 Å². The number of ether oxygens (including phenoxy) is 2. The molecule has 0 fully saturated rings. The maximum Gasteiger partial charge on any atom is 0.119 e. The maximum atomic E-state index is 5.76. The lowest BCUT2D eigenvalue weighted by Gasteiger charge is -2.08. The minimum atomic E-state index is 0.817. The van der Waals surface area contributed by atoms with Gasteiger partial charge >= 0.3 is 0 Å². The Morgan fingerprint density at radius 2 is 1.67 bits per heavy atom. The third-order valence-electron chi connectivity index (χ3n) is 3.47. The van der Waals surface area contributed by atoms with E-state index < -0.39 is 0 Å².